The summed E-state index contributed by atoms with van der Waals surface area (Å²) in [6.07, 6.45) is 0. The lowest BCUT2D eigenvalue weighted by Gasteiger charge is -2.14. The first-order chi connectivity index (χ1) is 11.0. The van der Waals surface area contributed by atoms with E-state index in [1.54, 1.807) is 18.2 Å². The predicted molar refractivity (Wildman–Crippen MR) is 87.1 cm³/mol. The number of aliphatic hydroxyl groups is 1. The number of halogens is 2. The highest BCUT2D eigenvalue weighted by Crippen LogP contribution is 2.36. The number of anilines is 1. The number of ether oxygens (including phenoxy) is 2. The van der Waals surface area contributed by atoms with Gasteiger partial charge < -0.3 is 19.9 Å². The summed E-state index contributed by atoms with van der Waals surface area (Å²) in [5.41, 5.74) is 0.722. The summed E-state index contributed by atoms with van der Waals surface area (Å²) >= 11 is 3.30. The fourth-order valence-electron chi connectivity index (χ4n) is 1.89. The molecular weight excluding hydrogens is 369 g/mol. The average molecular weight is 384 g/mol. The molecule has 0 heterocycles. The van der Waals surface area contributed by atoms with Crippen molar-refractivity contribution < 1.29 is 23.8 Å². The summed E-state index contributed by atoms with van der Waals surface area (Å²) in [5.74, 6) is -0.322. The fraction of sp³-hybridized carbons (Fsp3) is 0.188. The normalized spacial score (nSPS) is 10.3. The van der Waals surface area contributed by atoms with Crippen LogP contribution in [0.1, 0.15) is 5.56 Å². The summed E-state index contributed by atoms with van der Waals surface area (Å²) in [5, 5.41) is 11.6. The molecule has 0 aliphatic heterocycles. The third-order valence-electron chi connectivity index (χ3n) is 2.97. The molecule has 0 saturated carbocycles. The maximum absolute atomic E-state index is 13.5. The second-order valence-corrected chi connectivity index (χ2v) is 5.44. The van der Waals surface area contributed by atoms with Crippen molar-refractivity contribution in [3.8, 4) is 11.5 Å². The van der Waals surface area contributed by atoms with Gasteiger partial charge in [-0.25, -0.2) is 4.39 Å². The Hall–Kier alpha value is -2.12. The molecule has 0 aliphatic rings. The van der Waals surface area contributed by atoms with E-state index in [0.717, 1.165) is 0 Å². The fourth-order valence-corrected chi connectivity index (χ4v) is 2.50. The Balaban J connectivity index is 2.06. The molecule has 7 heteroatoms. The third-order valence-corrected chi connectivity index (χ3v) is 3.56. The Morgan fingerprint density at radius 3 is 2.74 bits per heavy atom. The van der Waals surface area contributed by atoms with Crippen LogP contribution >= 0.6 is 15.9 Å². The predicted octanol–water partition coefficient (Wildman–Crippen LogP) is 3.11. The van der Waals surface area contributed by atoms with Crippen LogP contribution < -0.4 is 14.8 Å². The van der Waals surface area contributed by atoms with Crippen LogP contribution in [0.4, 0.5) is 10.1 Å². The van der Waals surface area contributed by atoms with Gasteiger partial charge in [0.15, 0.2) is 18.1 Å². The van der Waals surface area contributed by atoms with E-state index in [9.17, 15) is 9.18 Å². The van der Waals surface area contributed by atoms with Crippen LogP contribution in [0.2, 0.25) is 0 Å². The van der Waals surface area contributed by atoms with E-state index in [1.165, 1.54) is 25.3 Å². The largest absolute Gasteiger partial charge is 0.493 e. The number of amides is 1. The van der Waals surface area contributed by atoms with Gasteiger partial charge in [0.2, 0.25) is 0 Å². The molecule has 0 aromatic heterocycles. The van der Waals surface area contributed by atoms with Gasteiger partial charge in [-0.15, -0.1) is 0 Å². The Morgan fingerprint density at radius 1 is 1.35 bits per heavy atom. The number of carbonyl (C=O) groups is 1. The van der Waals surface area contributed by atoms with E-state index in [-0.39, 0.29) is 18.9 Å². The molecule has 0 spiro atoms. The minimum atomic E-state index is -0.521. The molecule has 0 unspecified atom stereocenters. The number of nitrogens with one attached hydrogen (secondary N) is 1. The molecule has 2 N–H and O–H groups in total. The van der Waals surface area contributed by atoms with E-state index in [4.69, 9.17) is 14.6 Å². The smallest absolute Gasteiger partial charge is 0.262 e. The average Bonchev–Trinajstić information content (AvgIpc) is 2.55. The van der Waals surface area contributed by atoms with Gasteiger partial charge in [0.05, 0.1) is 23.9 Å². The van der Waals surface area contributed by atoms with Gasteiger partial charge in [-0.3, -0.25) is 4.79 Å². The molecule has 0 saturated heterocycles. The number of methoxy groups -OCH3 is 1. The van der Waals surface area contributed by atoms with Crippen molar-refractivity contribution in [3.05, 3.63) is 52.3 Å². The monoisotopic (exact) mass is 383 g/mol. The lowest BCUT2D eigenvalue weighted by atomic mass is 10.2. The molecule has 0 fully saturated rings. The molecule has 1 amide bonds. The second-order valence-electron chi connectivity index (χ2n) is 4.58. The molecular formula is C16H15BrFNO4. The minimum absolute atomic E-state index is 0.0859. The molecule has 2 aromatic rings. The summed E-state index contributed by atoms with van der Waals surface area (Å²) in [4.78, 5) is 11.9. The third kappa shape index (κ3) is 4.43. The van der Waals surface area contributed by atoms with Crippen LogP contribution in [0.25, 0.3) is 0 Å². The number of para-hydroxylation sites is 1. The summed E-state index contributed by atoms with van der Waals surface area (Å²) in [6.45, 7) is -0.467. The van der Waals surface area contributed by atoms with Crippen LogP contribution in [0, 0.1) is 5.82 Å². The summed E-state index contributed by atoms with van der Waals surface area (Å²) < 4.78 is 24.6. The molecule has 2 aromatic carbocycles. The van der Waals surface area contributed by atoms with Crippen molar-refractivity contribution in [2.45, 2.75) is 6.61 Å². The van der Waals surface area contributed by atoms with Gasteiger partial charge >= 0.3 is 0 Å². The quantitative estimate of drug-likeness (QED) is 0.803. The van der Waals surface area contributed by atoms with E-state index < -0.39 is 11.7 Å². The van der Waals surface area contributed by atoms with Crippen LogP contribution in [0.15, 0.2) is 40.9 Å². The Bertz CT molecular complexity index is 708. The van der Waals surface area contributed by atoms with Crippen LogP contribution in [-0.2, 0) is 11.4 Å². The number of benzene rings is 2. The van der Waals surface area contributed by atoms with Crippen molar-refractivity contribution in [1.82, 2.24) is 0 Å². The molecule has 5 nitrogen and oxygen atoms in total. The van der Waals surface area contributed by atoms with Crippen molar-refractivity contribution in [2.75, 3.05) is 19.0 Å². The zero-order chi connectivity index (χ0) is 16.8. The zero-order valence-corrected chi connectivity index (χ0v) is 13.9. The first kappa shape index (κ1) is 17.2. The molecule has 0 atom stereocenters. The first-order valence-corrected chi connectivity index (χ1v) is 7.49. The lowest BCUT2D eigenvalue weighted by Crippen LogP contribution is -2.21. The van der Waals surface area contributed by atoms with Gasteiger partial charge in [-0.05, 0) is 45.8 Å². The van der Waals surface area contributed by atoms with Crippen molar-refractivity contribution >= 4 is 27.5 Å². The van der Waals surface area contributed by atoms with Crippen LogP contribution in [-0.4, -0.2) is 24.7 Å². The first-order valence-electron chi connectivity index (χ1n) is 6.69. The molecule has 2 rings (SSSR count). The lowest BCUT2D eigenvalue weighted by molar-refractivity contribution is -0.118. The number of aliphatic hydroxyl groups excluding tert-OH is 1. The molecule has 0 radical (unpaired) electrons. The van der Waals surface area contributed by atoms with Gasteiger partial charge in [-0.1, -0.05) is 12.1 Å². The SMILES string of the molecule is COc1cc(CO)cc(Br)c1OCC(=O)Nc1ccccc1F. The van der Waals surface area contributed by atoms with Gasteiger partial charge in [0.25, 0.3) is 5.91 Å². The summed E-state index contributed by atoms with van der Waals surface area (Å²) in [6, 6.07) is 9.13. The van der Waals surface area contributed by atoms with Crippen LogP contribution in [0.3, 0.4) is 0 Å². The number of carbonyl (C=O) groups excluding carboxylic acids is 1. The van der Waals surface area contributed by atoms with Crippen molar-refractivity contribution in [3.63, 3.8) is 0 Å². The van der Waals surface area contributed by atoms with E-state index in [1.807, 2.05) is 0 Å². The molecule has 0 aliphatic carbocycles. The molecule has 0 bridgehead atoms. The highest BCUT2D eigenvalue weighted by molar-refractivity contribution is 9.10. The van der Waals surface area contributed by atoms with Gasteiger partial charge in [0.1, 0.15) is 5.82 Å². The summed E-state index contributed by atoms with van der Waals surface area (Å²) in [7, 11) is 1.45. The number of rotatable bonds is 6. The maximum Gasteiger partial charge on any atom is 0.262 e. The zero-order valence-electron chi connectivity index (χ0n) is 12.3. The maximum atomic E-state index is 13.5. The number of hydrogen-bond donors (Lipinski definition) is 2. The van der Waals surface area contributed by atoms with Gasteiger partial charge in [-0.2, -0.15) is 0 Å². The topological polar surface area (TPSA) is 67.8 Å². The van der Waals surface area contributed by atoms with Crippen LogP contribution in [0.5, 0.6) is 11.5 Å². The highest BCUT2D eigenvalue weighted by atomic mass is 79.9. The van der Waals surface area contributed by atoms with E-state index in [0.29, 0.717) is 21.5 Å². The van der Waals surface area contributed by atoms with E-state index >= 15 is 0 Å². The molecule has 23 heavy (non-hydrogen) atoms. The van der Waals surface area contributed by atoms with Crippen molar-refractivity contribution in [1.29, 1.82) is 0 Å². The Morgan fingerprint density at radius 2 is 2.09 bits per heavy atom. The standard InChI is InChI=1S/C16H15BrFNO4/c1-22-14-7-10(8-20)6-11(17)16(14)23-9-15(21)19-13-5-3-2-4-12(13)18/h2-7,20H,8-9H2,1H3,(H,19,21). The Labute approximate surface area is 141 Å². The van der Waals surface area contributed by atoms with Crippen molar-refractivity contribution in [2.24, 2.45) is 0 Å². The Kier molecular flexibility index (Phi) is 5.95. The minimum Gasteiger partial charge on any atom is -0.493 e. The second kappa shape index (κ2) is 7.94. The molecule has 122 valence electrons. The van der Waals surface area contributed by atoms with E-state index in [2.05, 4.69) is 21.2 Å². The highest BCUT2D eigenvalue weighted by Gasteiger charge is 2.14. The number of hydrogen-bond acceptors (Lipinski definition) is 4. The van der Waals surface area contributed by atoms with Gasteiger partial charge in [0, 0.05) is 0 Å².